The van der Waals surface area contributed by atoms with Gasteiger partial charge >= 0.3 is 7.25 Å². The first-order chi connectivity index (χ1) is 14.7. The number of para-hydroxylation sites is 1. The molecule has 0 aliphatic carbocycles. The average molecular weight is 449 g/mol. The molecule has 1 unspecified atom stereocenters. The summed E-state index contributed by atoms with van der Waals surface area (Å²) in [4.78, 5) is 0. The molecule has 0 amide bonds. The number of benzene rings is 2. The summed E-state index contributed by atoms with van der Waals surface area (Å²) in [5.41, 5.74) is 7.25. The third-order valence-electron chi connectivity index (χ3n) is 6.07. The van der Waals surface area contributed by atoms with Gasteiger partial charge in [0.15, 0.2) is 11.8 Å². The highest BCUT2D eigenvalue weighted by Crippen LogP contribution is 2.43. The van der Waals surface area contributed by atoms with Crippen LogP contribution < -0.4 is 0 Å². The molecular formula is C26H36BF4N. The van der Waals surface area contributed by atoms with E-state index in [9.17, 15) is 17.3 Å². The van der Waals surface area contributed by atoms with Crippen LogP contribution in [-0.2, 0) is 18.3 Å². The fourth-order valence-electron chi connectivity index (χ4n) is 4.88. The lowest BCUT2D eigenvalue weighted by Crippen LogP contribution is -2.31. The Bertz CT molecular complexity index is 939. The van der Waals surface area contributed by atoms with Crippen molar-refractivity contribution >= 4 is 19.2 Å². The van der Waals surface area contributed by atoms with E-state index in [0.717, 1.165) is 19.3 Å². The molecule has 1 nitrogen and oxygen atoms in total. The molecule has 1 aliphatic rings. The highest BCUT2D eigenvalue weighted by Gasteiger charge is 2.50. The monoisotopic (exact) mass is 449 g/mol. The Labute approximate surface area is 190 Å². The molecule has 32 heavy (non-hydrogen) atoms. The standard InChI is InChI=1S/C26H36N.BF4/c1-8-22-11-9-10-20(4)24(22)27-18-26(7,17-25(27,5)6)23-14-12-21(13-15-23)16-19(2)3;2-1(3,4)5/h9-15,18-19H,8,16-17H2,1-7H3;/q+1;-1. The van der Waals surface area contributed by atoms with Gasteiger partial charge in [0, 0.05) is 31.4 Å². The Morgan fingerprint density at radius 2 is 1.53 bits per heavy atom. The van der Waals surface area contributed by atoms with Crippen molar-refractivity contribution in [3.8, 4) is 0 Å². The van der Waals surface area contributed by atoms with E-state index in [4.69, 9.17) is 0 Å². The van der Waals surface area contributed by atoms with Gasteiger partial charge < -0.3 is 17.3 Å². The van der Waals surface area contributed by atoms with Gasteiger partial charge in [-0.05, 0) is 43.7 Å². The van der Waals surface area contributed by atoms with Gasteiger partial charge in [-0.25, -0.2) is 0 Å². The second-order valence-electron chi connectivity index (χ2n) is 10.1. The minimum absolute atomic E-state index is 0.0627. The molecule has 3 rings (SSSR count). The van der Waals surface area contributed by atoms with E-state index in [1.54, 1.807) is 0 Å². The first kappa shape index (κ1) is 26.1. The Morgan fingerprint density at radius 3 is 2.03 bits per heavy atom. The van der Waals surface area contributed by atoms with Crippen molar-refractivity contribution in [3.63, 3.8) is 0 Å². The average Bonchev–Trinajstić information content (AvgIpc) is 2.89. The van der Waals surface area contributed by atoms with Gasteiger partial charge in [-0.2, -0.15) is 4.58 Å². The number of aryl methyl sites for hydroxylation is 2. The van der Waals surface area contributed by atoms with E-state index < -0.39 is 7.25 Å². The third kappa shape index (κ3) is 6.70. The molecule has 1 heterocycles. The quantitative estimate of drug-likeness (QED) is 0.248. The number of hydrogen-bond donors (Lipinski definition) is 0. The third-order valence-corrected chi connectivity index (χ3v) is 6.07. The molecule has 2 aromatic carbocycles. The van der Waals surface area contributed by atoms with Crippen molar-refractivity contribution in [2.45, 2.75) is 78.7 Å². The molecule has 0 bridgehead atoms. The molecule has 0 radical (unpaired) electrons. The topological polar surface area (TPSA) is 3.01 Å². The highest BCUT2D eigenvalue weighted by atomic mass is 19.5. The number of hydrogen-bond acceptors (Lipinski definition) is 0. The molecule has 176 valence electrons. The summed E-state index contributed by atoms with van der Waals surface area (Å²) in [6, 6.07) is 16.1. The van der Waals surface area contributed by atoms with Crippen molar-refractivity contribution in [2.24, 2.45) is 5.92 Å². The van der Waals surface area contributed by atoms with Gasteiger partial charge in [0.1, 0.15) is 0 Å². The number of halogens is 4. The van der Waals surface area contributed by atoms with Gasteiger partial charge in [-0.1, -0.05) is 63.2 Å². The molecule has 0 spiro atoms. The minimum atomic E-state index is -6.00. The van der Waals surface area contributed by atoms with Crippen LogP contribution in [0.4, 0.5) is 23.0 Å². The smallest absolute Gasteiger partial charge is 0.418 e. The van der Waals surface area contributed by atoms with Gasteiger partial charge in [-0.3, -0.25) is 0 Å². The molecule has 0 N–H and O–H groups in total. The number of nitrogens with zero attached hydrogens (tertiary/aromatic N) is 1. The highest BCUT2D eigenvalue weighted by molar-refractivity contribution is 6.50. The molecule has 0 aromatic heterocycles. The second-order valence-corrected chi connectivity index (χ2v) is 10.1. The van der Waals surface area contributed by atoms with Crippen LogP contribution in [0, 0.1) is 12.8 Å². The Kier molecular flexibility index (Phi) is 8.01. The lowest BCUT2D eigenvalue weighted by atomic mass is 9.77. The maximum atomic E-state index is 9.75. The van der Waals surface area contributed by atoms with Crippen molar-refractivity contribution in [1.29, 1.82) is 0 Å². The Hall–Kier alpha value is -2.11. The van der Waals surface area contributed by atoms with Crippen LogP contribution in [0.2, 0.25) is 0 Å². The van der Waals surface area contributed by atoms with Crippen LogP contribution >= 0.6 is 0 Å². The fraction of sp³-hybridized carbons (Fsp3) is 0.500. The second kappa shape index (κ2) is 9.80. The largest absolute Gasteiger partial charge is 0.673 e. The molecule has 0 fully saturated rings. The van der Waals surface area contributed by atoms with Crippen molar-refractivity contribution in [2.75, 3.05) is 0 Å². The zero-order chi connectivity index (χ0) is 24.3. The maximum absolute atomic E-state index is 9.75. The molecule has 0 saturated heterocycles. The summed E-state index contributed by atoms with van der Waals surface area (Å²) in [5, 5.41) is 0. The van der Waals surface area contributed by atoms with Crippen LogP contribution in [0.1, 0.15) is 70.2 Å². The van der Waals surface area contributed by atoms with Crippen molar-refractivity contribution in [1.82, 2.24) is 0 Å². The lowest BCUT2D eigenvalue weighted by Gasteiger charge is -2.23. The zero-order valence-corrected chi connectivity index (χ0v) is 20.4. The van der Waals surface area contributed by atoms with Gasteiger partial charge in [0.05, 0.1) is 5.41 Å². The zero-order valence-electron chi connectivity index (χ0n) is 20.4. The van der Waals surface area contributed by atoms with Crippen LogP contribution in [0.5, 0.6) is 0 Å². The van der Waals surface area contributed by atoms with Gasteiger partial charge in [-0.15, -0.1) is 0 Å². The van der Waals surface area contributed by atoms with E-state index in [2.05, 4.69) is 102 Å². The molecule has 1 atom stereocenters. The number of rotatable bonds is 5. The maximum Gasteiger partial charge on any atom is 0.673 e. The predicted octanol–water partition coefficient (Wildman–Crippen LogP) is 7.91. The SMILES string of the molecule is CCc1cccc(C)c1[N+]1=CC(C)(c2ccc(CC(C)C)cc2)CC1(C)C.F[B-](F)(F)F. The first-order valence-electron chi connectivity index (χ1n) is 11.4. The fourth-order valence-corrected chi connectivity index (χ4v) is 4.88. The van der Waals surface area contributed by atoms with Crippen LogP contribution in [-0.4, -0.2) is 23.6 Å². The summed E-state index contributed by atoms with van der Waals surface area (Å²) in [7, 11) is -6.00. The molecular weight excluding hydrogens is 413 g/mol. The summed E-state index contributed by atoms with van der Waals surface area (Å²) in [6.45, 7) is 16.2. The normalized spacial score (nSPS) is 20.1. The van der Waals surface area contributed by atoms with Crippen LogP contribution in [0.25, 0.3) is 0 Å². The molecule has 2 aromatic rings. The van der Waals surface area contributed by atoms with Gasteiger partial charge in [0.2, 0.25) is 5.69 Å². The van der Waals surface area contributed by atoms with E-state index in [0.29, 0.717) is 5.92 Å². The molecule has 0 saturated carbocycles. The van der Waals surface area contributed by atoms with E-state index >= 15 is 0 Å². The lowest BCUT2D eigenvalue weighted by molar-refractivity contribution is -0.512. The van der Waals surface area contributed by atoms with Gasteiger partial charge in [0.25, 0.3) is 0 Å². The minimum Gasteiger partial charge on any atom is -0.418 e. The van der Waals surface area contributed by atoms with Crippen LogP contribution in [0.15, 0.2) is 42.5 Å². The van der Waals surface area contributed by atoms with E-state index in [1.807, 2.05) is 0 Å². The summed E-state index contributed by atoms with van der Waals surface area (Å²) in [5.74, 6) is 0.701. The summed E-state index contributed by atoms with van der Waals surface area (Å²) in [6.07, 6.45) is 5.84. The van der Waals surface area contributed by atoms with Crippen molar-refractivity contribution in [3.05, 3.63) is 64.7 Å². The predicted molar refractivity (Wildman–Crippen MR) is 128 cm³/mol. The Morgan fingerprint density at radius 1 is 0.969 bits per heavy atom. The Balaban J connectivity index is 0.000000654. The first-order valence-corrected chi connectivity index (χ1v) is 11.4. The van der Waals surface area contributed by atoms with E-state index in [-0.39, 0.29) is 11.0 Å². The molecule has 1 aliphatic heterocycles. The van der Waals surface area contributed by atoms with E-state index in [1.165, 1.54) is 27.9 Å². The van der Waals surface area contributed by atoms with Crippen LogP contribution in [0.3, 0.4) is 0 Å². The summed E-state index contributed by atoms with van der Waals surface area (Å²) >= 11 is 0. The summed E-state index contributed by atoms with van der Waals surface area (Å²) < 4.78 is 41.6. The molecule has 6 heteroatoms. The van der Waals surface area contributed by atoms with Crippen molar-refractivity contribution < 1.29 is 21.8 Å².